The Morgan fingerprint density at radius 2 is 1.90 bits per heavy atom. The molecule has 0 amide bonds. The summed E-state index contributed by atoms with van der Waals surface area (Å²) in [6.45, 7) is 1.92. The Labute approximate surface area is 144 Å². The van der Waals surface area contributed by atoms with E-state index >= 15 is 0 Å². The maximum atomic E-state index is 12.8. The molecule has 4 nitrogen and oxygen atoms in total. The average molecular weight is 477 g/mol. The minimum absolute atomic E-state index is 0.268. The maximum Gasteiger partial charge on any atom is 0.268 e. The van der Waals surface area contributed by atoms with E-state index in [9.17, 15) is 8.42 Å². The second kappa shape index (κ2) is 5.36. The molecular formula is C14H10BrIN2O2S. The van der Waals surface area contributed by atoms with E-state index in [1.165, 1.54) is 3.97 Å². The molecule has 0 fully saturated rings. The molecule has 7 heteroatoms. The van der Waals surface area contributed by atoms with Crippen molar-refractivity contribution in [2.24, 2.45) is 0 Å². The first-order valence-corrected chi connectivity index (χ1v) is 9.35. The van der Waals surface area contributed by atoms with Gasteiger partial charge in [0.15, 0.2) is 0 Å². The summed E-state index contributed by atoms with van der Waals surface area (Å²) in [5.41, 5.74) is 1.59. The highest BCUT2D eigenvalue weighted by Gasteiger charge is 2.20. The second-order valence-electron chi connectivity index (χ2n) is 4.62. The minimum atomic E-state index is -3.62. The molecular weight excluding hydrogens is 467 g/mol. The lowest BCUT2D eigenvalue weighted by molar-refractivity contribution is 0.589. The lowest BCUT2D eigenvalue weighted by Crippen LogP contribution is -2.11. The molecule has 0 spiro atoms. The van der Waals surface area contributed by atoms with E-state index in [-0.39, 0.29) is 4.90 Å². The van der Waals surface area contributed by atoms with Crippen molar-refractivity contribution in [3.05, 3.63) is 56.5 Å². The van der Waals surface area contributed by atoms with E-state index in [2.05, 4.69) is 43.5 Å². The van der Waals surface area contributed by atoms with Gasteiger partial charge in [-0.05, 0) is 63.6 Å². The highest BCUT2D eigenvalue weighted by atomic mass is 127. The normalized spacial score (nSPS) is 12.0. The van der Waals surface area contributed by atoms with Gasteiger partial charge in [0.1, 0.15) is 4.60 Å². The molecule has 0 saturated heterocycles. The van der Waals surface area contributed by atoms with Gasteiger partial charge in [0.2, 0.25) is 0 Å². The van der Waals surface area contributed by atoms with Crippen molar-refractivity contribution in [1.82, 2.24) is 8.96 Å². The van der Waals surface area contributed by atoms with Gasteiger partial charge in [-0.1, -0.05) is 17.7 Å². The molecule has 21 heavy (non-hydrogen) atoms. The zero-order valence-corrected chi connectivity index (χ0v) is 15.5. The van der Waals surface area contributed by atoms with Gasteiger partial charge in [0.05, 0.1) is 16.6 Å². The maximum absolute atomic E-state index is 12.8. The Kier molecular flexibility index (Phi) is 3.83. The number of benzene rings is 1. The molecule has 0 aliphatic rings. The molecule has 2 heterocycles. The Hall–Kier alpha value is -0.930. The third-order valence-electron chi connectivity index (χ3n) is 3.15. The number of fused-ring (bicyclic) bond motifs is 1. The van der Waals surface area contributed by atoms with Crippen LogP contribution in [0.1, 0.15) is 5.56 Å². The molecule has 0 atom stereocenters. The average Bonchev–Trinajstić information content (AvgIpc) is 2.77. The lowest BCUT2D eigenvalue weighted by atomic mass is 10.2. The van der Waals surface area contributed by atoms with Gasteiger partial charge in [-0.3, -0.25) is 0 Å². The van der Waals surface area contributed by atoms with Crippen LogP contribution in [0.25, 0.3) is 10.9 Å². The van der Waals surface area contributed by atoms with Gasteiger partial charge in [0, 0.05) is 15.2 Å². The Morgan fingerprint density at radius 1 is 1.24 bits per heavy atom. The summed E-state index contributed by atoms with van der Waals surface area (Å²) in [7, 11) is -3.62. The summed E-state index contributed by atoms with van der Waals surface area (Å²) in [6.07, 6.45) is 3.18. The topological polar surface area (TPSA) is 52.0 Å². The fraction of sp³-hybridized carbons (Fsp3) is 0.0714. The molecule has 0 unspecified atom stereocenters. The van der Waals surface area contributed by atoms with Gasteiger partial charge in [-0.25, -0.2) is 17.4 Å². The summed E-state index contributed by atoms with van der Waals surface area (Å²) < 4.78 is 28.4. The van der Waals surface area contributed by atoms with E-state index in [0.717, 1.165) is 14.5 Å². The molecule has 0 radical (unpaired) electrons. The number of pyridine rings is 1. The Morgan fingerprint density at radius 3 is 2.57 bits per heavy atom. The van der Waals surface area contributed by atoms with Crippen LogP contribution in [0, 0.1) is 10.5 Å². The minimum Gasteiger partial charge on any atom is -0.247 e. The standard InChI is InChI=1S/C14H10BrIN2O2S/c1-9-2-4-10(5-3-9)21(19,20)18-8-12(16)11-6-14(15)17-7-13(11)18/h2-8H,1H3. The zero-order chi connectivity index (χ0) is 15.2. The van der Waals surface area contributed by atoms with Crippen LogP contribution < -0.4 is 0 Å². The van der Waals surface area contributed by atoms with Gasteiger partial charge >= 0.3 is 0 Å². The number of halogens is 2. The van der Waals surface area contributed by atoms with Crippen LogP contribution in [-0.2, 0) is 10.0 Å². The number of rotatable bonds is 2. The molecule has 0 aliphatic heterocycles. The van der Waals surface area contributed by atoms with Crippen LogP contribution in [0.2, 0.25) is 0 Å². The third kappa shape index (κ3) is 2.62. The van der Waals surface area contributed by atoms with Gasteiger partial charge in [0.25, 0.3) is 10.0 Å². The molecule has 1 aromatic carbocycles. The molecule has 3 rings (SSSR count). The Balaban J connectivity index is 2.26. The smallest absolute Gasteiger partial charge is 0.247 e. The molecule has 0 aliphatic carbocycles. The molecule has 0 saturated carbocycles. The highest BCUT2D eigenvalue weighted by Crippen LogP contribution is 2.28. The predicted octanol–water partition coefficient (Wildman–Crippen LogP) is 3.95. The van der Waals surface area contributed by atoms with Gasteiger partial charge in [-0.2, -0.15) is 0 Å². The number of nitrogens with zero attached hydrogens (tertiary/aromatic N) is 2. The largest absolute Gasteiger partial charge is 0.268 e. The summed E-state index contributed by atoms with van der Waals surface area (Å²) in [4.78, 5) is 4.40. The molecule has 0 N–H and O–H groups in total. The van der Waals surface area contributed by atoms with Crippen LogP contribution in [0.15, 0.2) is 52.2 Å². The van der Waals surface area contributed by atoms with E-state index in [0.29, 0.717) is 10.1 Å². The van der Waals surface area contributed by atoms with E-state index in [1.54, 1.807) is 36.7 Å². The van der Waals surface area contributed by atoms with Crippen molar-refractivity contribution < 1.29 is 8.42 Å². The second-order valence-corrected chi connectivity index (χ2v) is 8.40. The predicted molar refractivity (Wildman–Crippen MR) is 93.9 cm³/mol. The third-order valence-corrected chi connectivity index (χ3v) is 6.13. The van der Waals surface area contributed by atoms with Crippen LogP contribution in [-0.4, -0.2) is 17.4 Å². The van der Waals surface area contributed by atoms with E-state index in [4.69, 9.17) is 0 Å². The van der Waals surface area contributed by atoms with Crippen molar-refractivity contribution >= 4 is 59.4 Å². The first kappa shape index (κ1) is 15.0. The van der Waals surface area contributed by atoms with Crippen LogP contribution in [0.5, 0.6) is 0 Å². The van der Waals surface area contributed by atoms with Crippen molar-refractivity contribution in [1.29, 1.82) is 0 Å². The zero-order valence-electron chi connectivity index (χ0n) is 10.9. The SMILES string of the molecule is Cc1ccc(S(=O)(=O)n2cc(I)c3cc(Br)ncc32)cc1. The lowest BCUT2D eigenvalue weighted by Gasteiger charge is -2.07. The number of aromatic nitrogens is 2. The fourth-order valence-corrected chi connectivity index (χ4v) is 4.64. The molecule has 0 bridgehead atoms. The van der Waals surface area contributed by atoms with E-state index in [1.807, 2.05) is 13.0 Å². The summed E-state index contributed by atoms with van der Waals surface area (Å²) in [6, 6.07) is 8.64. The van der Waals surface area contributed by atoms with Crippen LogP contribution >= 0.6 is 38.5 Å². The summed E-state index contributed by atoms with van der Waals surface area (Å²) in [5, 5.41) is 0.855. The van der Waals surface area contributed by atoms with Crippen LogP contribution in [0.4, 0.5) is 0 Å². The molecule has 3 aromatic rings. The van der Waals surface area contributed by atoms with Crippen molar-refractivity contribution in [2.45, 2.75) is 11.8 Å². The first-order chi connectivity index (χ1) is 9.89. The highest BCUT2D eigenvalue weighted by molar-refractivity contribution is 14.1. The van der Waals surface area contributed by atoms with Crippen molar-refractivity contribution in [3.63, 3.8) is 0 Å². The number of hydrogen-bond donors (Lipinski definition) is 0. The van der Waals surface area contributed by atoms with Crippen molar-refractivity contribution in [3.8, 4) is 0 Å². The first-order valence-electron chi connectivity index (χ1n) is 6.04. The quantitative estimate of drug-likeness (QED) is 0.415. The monoisotopic (exact) mass is 476 g/mol. The van der Waals surface area contributed by atoms with Gasteiger partial charge < -0.3 is 0 Å². The molecule has 2 aromatic heterocycles. The molecule has 108 valence electrons. The number of hydrogen-bond acceptors (Lipinski definition) is 3. The number of aryl methyl sites for hydroxylation is 1. The van der Waals surface area contributed by atoms with Gasteiger partial charge in [-0.15, -0.1) is 0 Å². The van der Waals surface area contributed by atoms with Crippen LogP contribution in [0.3, 0.4) is 0 Å². The fourth-order valence-electron chi connectivity index (χ4n) is 2.05. The Bertz CT molecular complexity index is 934. The summed E-state index contributed by atoms with van der Waals surface area (Å²) in [5.74, 6) is 0. The van der Waals surface area contributed by atoms with Crippen molar-refractivity contribution in [2.75, 3.05) is 0 Å². The van der Waals surface area contributed by atoms with E-state index < -0.39 is 10.0 Å². The summed E-state index contributed by atoms with van der Waals surface area (Å²) >= 11 is 5.43.